The van der Waals surface area contributed by atoms with E-state index in [-0.39, 0.29) is 29.9 Å². The Morgan fingerprint density at radius 2 is 2.10 bits per heavy atom. The normalized spacial score (nSPS) is 13.9. The monoisotopic (exact) mass is 288 g/mol. The largest absolute Gasteiger partial charge is 0.435 e. The average Bonchev–Trinajstić information content (AvgIpc) is 2.79. The molecule has 0 aromatic carbocycles. The van der Waals surface area contributed by atoms with E-state index in [4.69, 9.17) is 0 Å². The molecule has 0 radical (unpaired) electrons. The lowest BCUT2D eigenvalue weighted by Gasteiger charge is -2.20. The summed E-state index contributed by atoms with van der Waals surface area (Å²) in [6, 6.07) is 0.641. The van der Waals surface area contributed by atoms with Gasteiger partial charge in [0.2, 0.25) is 0 Å². The molecular formula is C12H15F3N4O. The highest BCUT2D eigenvalue weighted by atomic mass is 19.4. The summed E-state index contributed by atoms with van der Waals surface area (Å²) in [5.74, 6) is 0.371. The molecular weight excluding hydrogens is 273 g/mol. The van der Waals surface area contributed by atoms with Crippen LogP contribution in [0.1, 0.15) is 19.5 Å². The van der Waals surface area contributed by atoms with Crippen LogP contribution in [0.15, 0.2) is 18.5 Å². The fraction of sp³-hybridized carbons (Fsp3) is 0.500. The molecule has 0 aliphatic rings. The van der Waals surface area contributed by atoms with Crippen LogP contribution in [0.3, 0.4) is 0 Å². The minimum Gasteiger partial charge on any atom is -0.394 e. The lowest BCUT2D eigenvalue weighted by molar-refractivity contribution is -0.141. The highest BCUT2D eigenvalue weighted by molar-refractivity contribution is 5.68. The topological polar surface area (TPSA) is 62.5 Å². The summed E-state index contributed by atoms with van der Waals surface area (Å²) in [4.78, 5) is 4.02. The van der Waals surface area contributed by atoms with Crippen LogP contribution in [-0.4, -0.2) is 32.4 Å². The summed E-state index contributed by atoms with van der Waals surface area (Å²) < 4.78 is 39.1. The van der Waals surface area contributed by atoms with Crippen molar-refractivity contribution in [1.29, 1.82) is 0 Å². The molecule has 5 nitrogen and oxygen atoms in total. The number of hydrogen-bond acceptors (Lipinski definition) is 4. The standard InChI is InChI=1S/C12H15F3N4O/c1-7(2)8(6-20)17-11-9-5-10(12(13,14)15)18-19(9)4-3-16-11/h3-5,7-8,20H,6H2,1-2H3,(H,16,17)/t8-/m1/s1. The third kappa shape index (κ3) is 2.84. The van der Waals surface area contributed by atoms with Gasteiger partial charge in [-0.1, -0.05) is 13.8 Å². The Morgan fingerprint density at radius 3 is 2.65 bits per heavy atom. The molecule has 2 aromatic heterocycles. The van der Waals surface area contributed by atoms with Gasteiger partial charge in [-0.05, 0) is 5.92 Å². The van der Waals surface area contributed by atoms with Gasteiger partial charge in [0.15, 0.2) is 11.5 Å². The fourth-order valence-electron chi connectivity index (χ4n) is 1.77. The van der Waals surface area contributed by atoms with E-state index in [1.165, 1.54) is 12.4 Å². The van der Waals surface area contributed by atoms with E-state index in [2.05, 4.69) is 15.4 Å². The van der Waals surface area contributed by atoms with Gasteiger partial charge in [0.25, 0.3) is 0 Å². The summed E-state index contributed by atoms with van der Waals surface area (Å²) in [6.07, 6.45) is -1.80. The van der Waals surface area contributed by atoms with Gasteiger partial charge in [0.1, 0.15) is 5.52 Å². The maximum absolute atomic E-state index is 12.7. The van der Waals surface area contributed by atoms with E-state index in [9.17, 15) is 18.3 Å². The van der Waals surface area contributed by atoms with Crippen molar-refractivity contribution in [1.82, 2.24) is 14.6 Å². The maximum Gasteiger partial charge on any atom is 0.435 e. The highest BCUT2D eigenvalue weighted by Gasteiger charge is 2.34. The molecule has 2 N–H and O–H groups in total. The Balaban J connectivity index is 2.41. The second-order valence-corrected chi connectivity index (χ2v) is 4.81. The molecule has 2 heterocycles. The van der Waals surface area contributed by atoms with Gasteiger partial charge in [0, 0.05) is 18.5 Å². The van der Waals surface area contributed by atoms with Gasteiger partial charge in [-0.2, -0.15) is 18.3 Å². The van der Waals surface area contributed by atoms with Crippen molar-refractivity contribution in [3.8, 4) is 0 Å². The number of nitrogens with one attached hydrogen (secondary N) is 1. The number of alkyl halides is 3. The van der Waals surface area contributed by atoms with E-state index in [0.29, 0.717) is 0 Å². The summed E-state index contributed by atoms with van der Waals surface area (Å²) in [7, 11) is 0. The highest BCUT2D eigenvalue weighted by Crippen LogP contribution is 2.30. The molecule has 110 valence electrons. The van der Waals surface area contributed by atoms with Crippen LogP contribution < -0.4 is 5.32 Å². The summed E-state index contributed by atoms with van der Waals surface area (Å²) in [5.41, 5.74) is -0.752. The van der Waals surface area contributed by atoms with E-state index in [1.807, 2.05) is 13.8 Å². The van der Waals surface area contributed by atoms with Gasteiger partial charge < -0.3 is 10.4 Å². The molecule has 0 fully saturated rings. The molecule has 8 heteroatoms. The SMILES string of the molecule is CC(C)[C@@H](CO)Nc1nccn2nc(C(F)(F)F)cc12. The van der Waals surface area contributed by atoms with Gasteiger partial charge in [0.05, 0.1) is 12.6 Å². The number of rotatable bonds is 4. The first-order valence-corrected chi connectivity index (χ1v) is 6.12. The number of fused-ring (bicyclic) bond motifs is 1. The van der Waals surface area contributed by atoms with Crippen LogP contribution in [0.5, 0.6) is 0 Å². The predicted molar refractivity (Wildman–Crippen MR) is 67.3 cm³/mol. The van der Waals surface area contributed by atoms with Crippen LogP contribution in [0.2, 0.25) is 0 Å². The van der Waals surface area contributed by atoms with Crippen molar-refractivity contribution in [2.24, 2.45) is 5.92 Å². The Kier molecular flexibility index (Phi) is 3.85. The van der Waals surface area contributed by atoms with Crippen LogP contribution in [0.4, 0.5) is 19.0 Å². The number of anilines is 1. The first-order chi connectivity index (χ1) is 9.32. The van der Waals surface area contributed by atoms with Gasteiger partial charge in [-0.25, -0.2) is 9.50 Å². The molecule has 0 amide bonds. The molecule has 20 heavy (non-hydrogen) atoms. The third-order valence-electron chi connectivity index (χ3n) is 3.00. The van der Waals surface area contributed by atoms with E-state index in [1.54, 1.807) is 0 Å². The van der Waals surface area contributed by atoms with Gasteiger partial charge in [-0.3, -0.25) is 0 Å². The van der Waals surface area contributed by atoms with Crippen molar-refractivity contribution < 1.29 is 18.3 Å². The zero-order valence-corrected chi connectivity index (χ0v) is 11.0. The molecule has 0 saturated carbocycles. The second-order valence-electron chi connectivity index (χ2n) is 4.81. The second kappa shape index (κ2) is 5.28. The molecule has 0 saturated heterocycles. The van der Waals surface area contributed by atoms with Gasteiger partial charge in [-0.15, -0.1) is 0 Å². The Morgan fingerprint density at radius 1 is 1.40 bits per heavy atom. The third-order valence-corrected chi connectivity index (χ3v) is 3.00. The zero-order valence-electron chi connectivity index (χ0n) is 11.0. The Hall–Kier alpha value is -1.83. The van der Waals surface area contributed by atoms with Crippen LogP contribution in [0.25, 0.3) is 5.52 Å². The minimum absolute atomic E-state index is 0.104. The number of aromatic nitrogens is 3. The van der Waals surface area contributed by atoms with Gasteiger partial charge >= 0.3 is 6.18 Å². The molecule has 2 aromatic rings. The van der Waals surface area contributed by atoms with Crippen LogP contribution in [0, 0.1) is 5.92 Å². The number of nitrogens with zero attached hydrogens (tertiary/aromatic N) is 3. The first kappa shape index (κ1) is 14.6. The number of aliphatic hydroxyl groups is 1. The van der Waals surface area contributed by atoms with Crippen LogP contribution >= 0.6 is 0 Å². The van der Waals surface area contributed by atoms with E-state index < -0.39 is 11.9 Å². The van der Waals surface area contributed by atoms with Crippen molar-refractivity contribution in [2.45, 2.75) is 26.1 Å². The molecule has 0 aliphatic carbocycles. The Labute approximate surface area is 113 Å². The molecule has 0 aliphatic heterocycles. The quantitative estimate of drug-likeness (QED) is 0.905. The number of halogens is 3. The summed E-state index contributed by atoms with van der Waals surface area (Å²) >= 11 is 0. The summed E-state index contributed by atoms with van der Waals surface area (Å²) in [6.45, 7) is 3.65. The smallest absolute Gasteiger partial charge is 0.394 e. The maximum atomic E-state index is 12.7. The Bertz CT molecular complexity index is 594. The number of aliphatic hydroxyl groups excluding tert-OH is 1. The molecule has 0 spiro atoms. The minimum atomic E-state index is -4.50. The van der Waals surface area contributed by atoms with Crippen LogP contribution in [-0.2, 0) is 6.18 Å². The number of hydrogen-bond donors (Lipinski definition) is 2. The van der Waals surface area contributed by atoms with Crippen molar-refractivity contribution in [3.63, 3.8) is 0 Å². The fourth-order valence-corrected chi connectivity index (χ4v) is 1.77. The molecule has 2 rings (SSSR count). The van der Waals surface area contributed by atoms with Crippen molar-refractivity contribution in [2.75, 3.05) is 11.9 Å². The van der Waals surface area contributed by atoms with Crippen molar-refractivity contribution in [3.05, 3.63) is 24.2 Å². The molecule has 1 atom stereocenters. The lowest BCUT2D eigenvalue weighted by atomic mass is 10.1. The summed E-state index contributed by atoms with van der Waals surface area (Å²) in [5, 5.41) is 15.7. The lowest BCUT2D eigenvalue weighted by Crippen LogP contribution is -2.30. The average molecular weight is 288 g/mol. The predicted octanol–water partition coefficient (Wildman–Crippen LogP) is 2.18. The van der Waals surface area contributed by atoms with E-state index >= 15 is 0 Å². The van der Waals surface area contributed by atoms with E-state index in [0.717, 1.165) is 10.6 Å². The zero-order chi connectivity index (χ0) is 14.9. The first-order valence-electron chi connectivity index (χ1n) is 6.12. The van der Waals surface area contributed by atoms with Crippen molar-refractivity contribution >= 4 is 11.3 Å². The molecule has 0 unspecified atom stereocenters. The molecule has 0 bridgehead atoms.